The normalized spacial score (nSPS) is 10.7. The molecule has 0 saturated heterocycles. The number of rotatable bonds is 8. The van der Waals surface area contributed by atoms with Gasteiger partial charge in [-0.05, 0) is 54.8 Å². The van der Waals surface area contributed by atoms with Crippen LogP contribution >= 0.6 is 0 Å². The number of carbonyl (C=O) groups excluding carboxylic acids is 5. The summed E-state index contributed by atoms with van der Waals surface area (Å²) in [7, 11) is 0. The van der Waals surface area contributed by atoms with Gasteiger partial charge in [0.1, 0.15) is 11.5 Å². The molecule has 0 radical (unpaired) electrons. The summed E-state index contributed by atoms with van der Waals surface area (Å²) in [6, 6.07) is 21.7. The van der Waals surface area contributed by atoms with E-state index in [9.17, 15) is 24.0 Å². The van der Waals surface area contributed by atoms with Gasteiger partial charge in [0, 0.05) is 16.8 Å². The first kappa shape index (κ1) is 28.2. The number of esters is 1. The predicted octanol–water partition coefficient (Wildman–Crippen LogP) is 2.95. The molecule has 0 saturated carbocycles. The Morgan fingerprint density at radius 3 is 2.32 bits per heavy atom. The third-order valence-corrected chi connectivity index (χ3v) is 5.57. The highest BCUT2D eigenvalue weighted by Crippen LogP contribution is 2.22. The van der Waals surface area contributed by atoms with Crippen LogP contribution < -0.4 is 21.4 Å². The smallest absolute Gasteiger partial charge is 0.338 e. The molecule has 0 atom stereocenters. The largest absolute Gasteiger partial charge is 0.462 e. The molecular weight excluding hydrogens is 530 g/mol. The zero-order chi connectivity index (χ0) is 29.2. The maximum atomic E-state index is 12.3. The number of nitrogens with one attached hydrogen (secondary N) is 4. The molecule has 1 aromatic heterocycles. The fraction of sp³-hybridized carbons (Fsp3) is 0.103. The Balaban J connectivity index is 1.22. The van der Waals surface area contributed by atoms with Crippen molar-refractivity contribution >= 4 is 58.0 Å². The molecule has 3 aromatic carbocycles. The van der Waals surface area contributed by atoms with Gasteiger partial charge < -0.3 is 25.1 Å². The molecule has 4 N–H and O–H groups in total. The number of amides is 4. The van der Waals surface area contributed by atoms with Crippen molar-refractivity contribution in [1.29, 1.82) is 0 Å². The predicted molar refractivity (Wildman–Crippen MR) is 150 cm³/mol. The molecule has 12 nitrogen and oxygen atoms in total. The summed E-state index contributed by atoms with van der Waals surface area (Å²) < 4.78 is 10.4. The summed E-state index contributed by atoms with van der Waals surface area (Å²) in [6.45, 7) is 1.84. The van der Waals surface area contributed by atoms with Gasteiger partial charge in [-0.25, -0.2) is 10.2 Å². The first-order chi connectivity index (χ1) is 19.8. The second-order valence-electron chi connectivity index (χ2n) is 8.42. The molecule has 41 heavy (non-hydrogen) atoms. The van der Waals surface area contributed by atoms with Gasteiger partial charge in [0.15, 0.2) is 0 Å². The highest BCUT2D eigenvalue weighted by atomic mass is 16.5. The number of carbonyl (C=O) groups is 5. The summed E-state index contributed by atoms with van der Waals surface area (Å²) >= 11 is 0. The molecular formula is C29H25N5O7. The Morgan fingerprint density at radius 2 is 1.54 bits per heavy atom. The van der Waals surface area contributed by atoms with Gasteiger partial charge in [0.05, 0.1) is 24.9 Å². The molecule has 0 bridgehead atoms. The monoisotopic (exact) mass is 555 g/mol. The number of hydrogen-bond acceptors (Lipinski definition) is 8. The second kappa shape index (κ2) is 13.3. The van der Waals surface area contributed by atoms with Crippen LogP contribution in [-0.4, -0.2) is 42.4 Å². The van der Waals surface area contributed by atoms with Crippen molar-refractivity contribution in [2.75, 3.05) is 17.2 Å². The Hall–Kier alpha value is -5.78. The number of benzene rings is 3. The number of nitrogens with zero attached hydrogens (tertiary/aromatic N) is 1. The van der Waals surface area contributed by atoms with Crippen molar-refractivity contribution in [1.82, 2.24) is 10.7 Å². The first-order valence-corrected chi connectivity index (χ1v) is 12.4. The van der Waals surface area contributed by atoms with Gasteiger partial charge in [0.25, 0.3) is 0 Å². The Morgan fingerprint density at radius 1 is 0.805 bits per heavy atom. The zero-order valence-electron chi connectivity index (χ0n) is 21.8. The average Bonchev–Trinajstić information content (AvgIpc) is 3.44. The lowest BCUT2D eigenvalue weighted by Crippen LogP contribution is -2.34. The van der Waals surface area contributed by atoms with Gasteiger partial charge in [-0.2, -0.15) is 5.10 Å². The van der Waals surface area contributed by atoms with Crippen molar-refractivity contribution in [2.24, 2.45) is 5.10 Å². The van der Waals surface area contributed by atoms with Crippen LogP contribution in [0.1, 0.15) is 28.8 Å². The van der Waals surface area contributed by atoms with Crippen LogP contribution in [-0.2, 0) is 30.5 Å². The minimum atomic E-state index is -0.977. The fourth-order valence-electron chi connectivity index (χ4n) is 3.62. The van der Waals surface area contributed by atoms with E-state index in [1.807, 2.05) is 30.3 Å². The molecule has 1 heterocycles. The Labute approximate surface area is 233 Å². The lowest BCUT2D eigenvalue weighted by molar-refractivity contribution is -0.136. The summed E-state index contributed by atoms with van der Waals surface area (Å²) in [4.78, 5) is 60.4. The van der Waals surface area contributed by atoms with Gasteiger partial charge in [0.2, 0.25) is 0 Å². The third-order valence-electron chi connectivity index (χ3n) is 5.57. The maximum Gasteiger partial charge on any atom is 0.338 e. The van der Waals surface area contributed by atoms with E-state index in [4.69, 9.17) is 9.15 Å². The number of fused-ring (bicyclic) bond motifs is 1. The van der Waals surface area contributed by atoms with Crippen LogP contribution in [0, 0.1) is 0 Å². The highest BCUT2D eigenvalue weighted by molar-refractivity contribution is 6.40. The summed E-state index contributed by atoms with van der Waals surface area (Å²) in [5, 5.41) is 12.8. The van der Waals surface area contributed by atoms with Crippen LogP contribution in [0.3, 0.4) is 0 Å². The average molecular weight is 556 g/mol. The highest BCUT2D eigenvalue weighted by Gasteiger charge is 2.16. The summed E-state index contributed by atoms with van der Waals surface area (Å²) in [5.74, 6) is -3.64. The van der Waals surface area contributed by atoms with E-state index in [0.717, 1.165) is 10.8 Å². The molecule has 4 amide bonds. The van der Waals surface area contributed by atoms with Crippen LogP contribution in [0.4, 0.5) is 11.4 Å². The quantitative estimate of drug-likeness (QED) is 0.112. The number of ether oxygens (including phenoxy) is 1. The topological polar surface area (TPSA) is 168 Å². The molecule has 12 heteroatoms. The number of hydrazone groups is 1. The minimum absolute atomic E-state index is 0.0955. The third kappa shape index (κ3) is 7.63. The maximum absolute atomic E-state index is 12.3. The minimum Gasteiger partial charge on any atom is -0.462 e. The van der Waals surface area contributed by atoms with E-state index < -0.39 is 29.6 Å². The van der Waals surface area contributed by atoms with Crippen molar-refractivity contribution in [2.45, 2.75) is 13.5 Å². The van der Waals surface area contributed by atoms with Crippen LogP contribution in [0.25, 0.3) is 10.8 Å². The van der Waals surface area contributed by atoms with Crippen molar-refractivity contribution in [3.63, 3.8) is 0 Å². The fourth-order valence-corrected chi connectivity index (χ4v) is 3.62. The number of hydrogen-bond donors (Lipinski definition) is 4. The lowest BCUT2D eigenvalue weighted by atomic mass is 10.1. The van der Waals surface area contributed by atoms with Crippen molar-refractivity contribution in [3.05, 3.63) is 95.9 Å². The van der Waals surface area contributed by atoms with Gasteiger partial charge in [-0.1, -0.05) is 36.4 Å². The molecule has 0 spiro atoms. The van der Waals surface area contributed by atoms with Crippen molar-refractivity contribution in [3.8, 4) is 0 Å². The Kier molecular flexibility index (Phi) is 9.18. The Bertz CT molecular complexity index is 1620. The van der Waals surface area contributed by atoms with Gasteiger partial charge >= 0.3 is 29.6 Å². The molecule has 4 aromatic rings. The second-order valence-corrected chi connectivity index (χ2v) is 8.42. The van der Waals surface area contributed by atoms with E-state index in [2.05, 4.69) is 26.5 Å². The number of furan rings is 1. The molecule has 0 aliphatic rings. The van der Waals surface area contributed by atoms with Gasteiger partial charge in [-0.3, -0.25) is 19.2 Å². The molecule has 0 aliphatic carbocycles. The summed E-state index contributed by atoms with van der Waals surface area (Å²) in [6.07, 6.45) is 1.18. The van der Waals surface area contributed by atoms with E-state index in [1.165, 1.54) is 36.5 Å². The lowest BCUT2D eigenvalue weighted by Gasteiger charge is -2.07. The van der Waals surface area contributed by atoms with Crippen LogP contribution in [0.2, 0.25) is 0 Å². The molecule has 0 fully saturated rings. The molecule has 0 aliphatic heterocycles. The van der Waals surface area contributed by atoms with E-state index in [1.54, 1.807) is 25.1 Å². The van der Waals surface area contributed by atoms with Crippen LogP contribution in [0.5, 0.6) is 0 Å². The van der Waals surface area contributed by atoms with E-state index in [0.29, 0.717) is 22.7 Å². The van der Waals surface area contributed by atoms with E-state index in [-0.39, 0.29) is 18.9 Å². The molecule has 208 valence electrons. The number of anilines is 2. The van der Waals surface area contributed by atoms with Crippen LogP contribution in [0.15, 0.2) is 88.4 Å². The van der Waals surface area contributed by atoms with E-state index >= 15 is 0 Å². The zero-order valence-corrected chi connectivity index (χ0v) is 21.8. The molecule has 4 rings (SSSR count). The SMILES string of the molecule is CCOC(=O)c1ccc(NC(=O)C(=O)NCc2ccc(/C=N/NC(=O)C(=O)Nc3cccc4ccccc34)o2)cc1. The standard InChI is InChI=1S/C29H25N5O7/c1-2-40-29(39)19-10-12-20(13-11-19)32-26(36)25(35)30-16-21-14-15-22(41-21)17-31-34-28(38)27(37)33-24-9-5-7-18-6-3-4-8-23(18)24/h3-15,17H,2,16H2,1H3,(H,30,35)(H,32,36)(H,33,37)(H,34,38)/b31-17+. The van der Waals surface area contributed by atoms with Crippen molar-refractivity contribution < 1.29 is 33.1 Å². The van der Waals surface area contributed by atoms with Gasteiger partial charge in [-0.15, -0.1) is 0 Å². The first-order valence-electron chi connectivity index (χ1n) is 12.4. The molecule has 0 unspecified atom stereocenters. The summed E-state index contributed by atoms with van der Waals surface area (Å²) in [5.41, 5.74) is 3.25.